The third-order valence-corrected chi connectivity index (χ3v) is 12.4. The molecule has 0 aromatic heterocycles. The van der Waals surface area contributed by atoms with Crippen molar-refractivity contribution in [3.63, 3.8) is 0 Å². The van der Waals surface area contributed by atoms with E-state index < -0.39 is 5.97 Å². The second-order valence-corrected chi connectivity index (χ2v) is 16.8. The number of allylic oxidation sites excluding steroid dienone is 5. The Hall–Kier alpha value is -8.15. The zero-order valence-corrected chi connectivity index (χ0v) is 40.2. The highest BCUT2D eigenvalue weighted by molar-refractivity contribution is 6.19. The van der Waals surface area contributed by atoms with Gasteiger partial charge in [0.05, 0.1) is 12.7 Å². The fraction of sp³-hybridized carbons (Fsp3) is 0.141. The summed E-state index contributed by atoms with van der Waals surface area (Å²) in [5, 5.41) is 27.5. The number of ether oxygens (including phenoxy) is 2. The average molecular weight is 907 g/mol. The summed E-state index contributed by atoms with van der Waals surface area (Å²) in [5.74, 6) is 0.545. The van der Waals surface area contributed by atoms with Crippen molar-refractivity contribution in [2.24, 2.45) is 0 Å². The fourth-order valence-corrected chi connectivity index (χ4v) is 9.48. The minimum absolute atomic E-state index is 0.0793. The molecule has 0 bridgehead atoms. The molecular formula is C64H58O5. The lowest BCUT2D eigenvalue weighted by molar-refractivity contribution is 0.0600. The van der Waals surface area contributed by atoms with Crippen LogP contribution in [0.1, 0.15) is 73.1 Å². The molecule has 9 aromatic carbocycles. The zero-order chi connectivity index (χ0) is 48.4. The minimum Gasteiger partial charge on any atom is -0.508 e. The van der Waals surface area contributed by atoms with Crippen LogP contribution in [0, 0.1) is 6.92 Å². The maximum Gasteiger partial charge on any atom is 0.338 e. The van der Waals surface area contributed by atoms with Crippen LogP contribution >= 0.6 is 0 Å². The molecule has 5 nitrogen and oxygen atoms in total. The second kappa shape index (κ2) is 21.6. The van der Waals surface area contributed by atoms with E-state index in [0.29, 0.717) is 11.5 Å². The lowest BCUT2D eigenvalue weighted by Crippen LogP contribution is -2.02. The highest BCUT2D eigenvalue weighted by atomic mass is 16.5. The summed E-state index contributed by atoms with van der Waals surface area (Å²) in [6.07, 6.45) is 14.1. The largest absolute Gasteiger partial charge is 0.508 e. The van der Waals surface area contributed by atoms with Crippen LogP contribution in [0.5, 0.6) is 23.0 Å². The molecule has 1 aliphatic carbocycles. The molecule has 0 heterocycles. The van der Waals surface area contributed by atoms with Gasteiger partial charge < -0.3 is 19.7 Å². The van der Waals surface area contributed by atoms with Crippen molar-refractivity contribution in [1.29, 1.82) is 0 Å². The third-order valence-electron chi connectivity index (χ3n) is 12.4. The Balaban J connectivity index is 0.000000189. The monoisotopic (exact) mass is 906 g/mol. The standard InChI is InChI=1S/C34H26O5.C28H26.C2H6/c1-38-34(37)23-18-25(36)20-27(19-23)39-26-16-12-22(13-17-26)33-30-8-4-2-6-28(30)32(21-10-14-24(35)15-11-21)29-7-3-5-9-31(29)33;1-4-10-21(11-5-2)27-23-12-6-8-14-25(23)28(22-18-16-20(3)17-19-22)26-15-9-7-13-24(26)27;1-2/h2-4,6-8,10-20,35-36H,5,9H2,1H3;4,6-19H,5H2,1-3H3;1-2H3/b;10-4-,21-11+;. The first-order chi connectivity index (χ1) is 33.8. The average Bonchev–Trinajstić information content (AvgIpc) is 3.38. The molecule has 0 saturated heterocycles. The quantitative estimate of drug-likeness (QED) is 0.0857. The Bertz CT molecular complexity index is 3320. The molecule has 0 spiro atoms. The van der Waals surface area contributed by atoms with Crippen molar-refractivity contribution in [3.05, 3.63) is 216 Å². The second-order valence-electron chi connectivity index (χ2n) is 16.8. The van der Waals surface area contributed by atoms with E-state index >= 15 is 0 Å². The number of hydrogen-bond acceptors (Lipinski definition) is 5. The lowest BCUT2D eigenvalue weighted by atomic mass is 9.80. The maximum absolute atomic E-state index is 11.9. The highest BCUT2D eigenvalue weighted by Gasteiger charge is 2.22. The Kier molecular flexibility index (Phi) is 14.9. The van der Waals surface area contributed by atoms with Gasteiger partial charge in [0.25, 0.3) is 0 Å². The molecule has 0 fully saturated rings. The molecule has 344 valence electrons. The van der Waals surface area contributed by atoms with E-state index in [-0.39, 0.29) is 17.1 Å². The predicted molar refractivity (Wildman–Crippen MR) is 289 cm³/mol. The first-order valence-electron chi connectivity index (χ1n) is 23.8. The van der Waals surface area contributed by atoms with Gasteiger partial charge in [-0.05, 0) is 157 Å². The van der Waals surface area contributed by atoms with E-state index in [1.807, 2.05) is 50.2 Å². The van der Waals surface area contributed by atoms with Crippen LogP contribution in [0.2, 0.25) is 0 Å². The smallest absolute Gasteiger partial charge is 0.338 e. The number of esters is 1. The summed E-state index contributed by atoms with van der Waals surface area (Å²) >= 11 is 0. The minimum atomic E-state index is -0.549. The van der Waals surface area contributed by atoms with Gasteiger partial charge in [0, 0.05) is 6.07 Å². The molecule has 5 heteroatoms. The summed E-state index contributed by atoms with van der Waals surface area (Å²) in [5.41, 5.74) is 13.7. The van der Waals surface area contributed by atoms with E-state index in [4.69, 9.17) is 9.47 Å². The van der Waals surface area contributed by atoms with Crippen LogP contribution in [-0.4, -0.2) is 23.3 Å². The number of rotatable bonds is 9. The van der Waals surface area contributed by atoms with Gasteiger partial charge in [-0.2, -0.15) is 0 Å². The molecule has 1 aliphatic rings. The van der Waals surface area contributed by atoms with Crippen LogP contribution < -0.4 is 4.74 Å². The zero-order valence-electron chi connectivity index (χ0n) is 40.2. The van der Waals surface area contributed by atoms with Gasteiger partial charge in [0.1, 0.15) is 23.0 Å². The molecular weight excluding hydrogens is 849 g/mol. The van der Waals surface area contributed by atoms with Gasteiger partial charge in [-0.15, -0.1) is 0 Å². The lowest BCUT2D eigenvalue weighted by Gasteiger charge is -2.23. The number of hydrogen-bond donors (Lipinski definition) is 2. The number of carbonyl (C=O) groups is 1. The van der Waals surface area contributed by atoms with Crippen LogP contribution in [0.25, 0.3) is 77.3 Å². The van der Waals surface area contributed by atoms with Crippen molar-refractivity contribution in [1.82, 2.24) is 0 Å². The Morgan fingerprint density at radius 2 is 1.13 bits per heavy atom. The first kappa shape index (κ1) is 47.3. The maximum atomic E-state index is 11.9. The summed E-state index contributed by atoms with van der Waals surface area (Å²) in [6.45, 7) is 10.4. The Labute approximate surface area is 406 Å². The van der Waals surface area contributed by atoms with Gasteiger partial charge in [-0.3, -0.25) is 0 Å². The summed E-state index contributed by atoms with van der Waals surface area (Å²) in [7, 11) is 1.29. The van der Waals surface area contributed by atoms with Gasteiger partial charge in [0.15, 0.2) is 0 Å². The van der Waals surface area contributed by atoms with Gasteiger partial charge >= 0.3 is 5.97 Å². The third kappa shape index (κ3) is 9.95. The molecule has 0 saturated carbocycles. The van der Waals surface area contributed by atoms with E-state index in [1.54, 1.807) is 12.1 Å². The van der Waals surface area contributed by atoms with Gasteiger partial charge in [-0.25, -0.2) is 4.79 Å². The van der Waals surface area contributed by atoms with Crippen molar-refractivity contribution < 1.29 is 24.5 Å². The van der Waals surface area contributed by atoms with Crippen molar-refractivity contribution in [3.8, 4) is 56.4 Å². The van der Waals surface area contributed by atoms with Gasteiger partial charge in [-0.1, -0.05) is 178 Å². The van der Waals surface area contributed by atoms with Crippen LogP contribution in [0.4, 0.5) is 0 Å². The molecule has 0 radical (unpaired) electrons. The Morgan fingerprint density at radius 3 is 1.71 bits per heavy atom. The van der Waals surface area contributed by atoms with Crippen LogP contribution in [-0.2, 0) is 11.2 Å². The molecule has 69 heavy (non-hydrogen) atoms. The predicted octanol–water partition coefficient (Wildman–Crippen LogP) is 17.5. The SMILES string of the molecule is C/C=C\C(=C/CC)c1c2ccccc2c(-c2ccc(C)cc2)c2ccccc12.CC.COC(=O)c1cc(O)cc(Oc2ccc(-c3c4c(c(-c5ccc(O)cc5)c5ccccc35)C=CCC4)cc2)c1. The van der Waals surface area contributed by atoms with E-state index in [2.05, 4.69) is 148 Å². The number of fused-ring (bicyclic) bond motifs is 4. The normalized spacial score (nSPS) is 12.0. The van der Waals surface area contributed by atoms with Crippen molar-refractivity contribution in [2.45, 2.75) is 53.9 Å². The number of carbonyl (C=O) groups excluding carboxylic acids is 1. The topological polar surface area (TPSA) is 76.0 Å². The van der Waals surface area contributed by atoms with Crippen LogP contribution in [0.3, 0.4) is 0 Å². The van der Waals surface area contributed by atoms with Crippen molar-refractivity contribution >= 4 is 49.9 Å². The van der Waals surface area contributed by atoms with E-state index in [0.717, 1.165) is 35.8 Å². The fourth-order valence-electron chi connectivity index (χ4n) is 9.48. The molecule has 9 aromatic rings. The summed E-state index contributed by atoms with van der Waals surface area (Å²) in [6, 6.07) is 54.6. The number of aromatic hydroxyl groups is 2. The van der Waals surface area contributed by atoms with E-state index in [1.165, 1.54) is 102 Å². The summed E-state index contributed by atoms with van der Waals surface area (Å²) < 4.78 is 10.7. The molecule has 0 unspecified atom stereocenters. The molecule has 2 N–H and O–H groups in total. The number of aryl methyl sites for hydroxylation is 1. The Morgan fingerprint density at radius 1 is 0.609 bits per heavy atom. The summed E-state index contributed by atoms with van der Waals surface area (Å²) in [4.78, 5) is 11.9. The van der Waals surface area contributed by atoms with Crippen LogP contribution in [0.15, 0.2) is 188 Å². The number of phenols is 2. The number of benzene rings is 9. The molecule has 0 aliphatic heterocycles. The van der Waals surface area contributed by atoms with E-state index in [9.17, 15) is 15.0 Å². The first-order valence-corrected chi connectivity index (χ1v) is 23.8. The number of phenolic OH excluding ortho intramolecular Hbond substituents is 2. The highest BCUT2D eigenvalue weighted by Crippen LogP contribution is 2.46. The van der Waals surface area contributed by atoms with Crippen molar-refractivity contribution in [2.75, 3.05) is 7.11 Å². The molecule has 0 atom stereocenters. The number of methoxy groups -OCH3 is 1. The molecule has 0 amide bonds. The molecule has 10 rings (SSSR count). The van der Waals surface area contributed by atoms with Gasteiger partial charge in [0.2, 0.25) is 0 Å².